The van der Waals surface area contributed by atoms with Gasteiger partial charge in [0.25, 0.3) is 0 Å². The van der Waals surface area contributed by atoms with Crippen molar-refractivity contribution in [2.75, 3.05) is 39.9 Å². The Hall–Kier alpha value is -1.51. The third kappa shape index (κ3) is 4.25. The second-order valence-corrected chi connectivity index (χ2v) is 4.94. The third-order valence-electron chi connectivity index (χ3n) is 3.56. The molecule has 2 N–H and O–H groups in total. The van der Waals surface area contributed by atoms with Crippen LogP contribution in [0.25, 0.3) is 0 Å². The highest BCUT2D eigenvalue weighted by atomic mass is 19.4. The van der Waals surface area contributed by atoms with Crippen LogP contribution in [0, 0.1) is 0 Å². The van der Waals surface area contributed by atoms with Crippen LogP contribution in [0.15, 0.2) is 18.2 Å². The summed E-state index contributed by atoms with van der Waals surface area (Å²) >= 11 is 0. The number of benzene rings is 1. The van der Waals surface area contributed by atoms with Gasteiger partial charge in [0.2, 0.25) is 0 Å². The van der Waals surface area contributed by atoms with E-state index in [-0.39, 0.29) is 12.4 Å². The summed E-state index contributed by atoms with van der Waals surface area (Å²) in [6.45, 7) is 2.69. The molecule has 1 fully saturated rings. The molecular formula is C14H19F3N2O3. The minimum Gasteiger partial charge on any atom is -0.496 e. The Bertz CT molecular complexity index is 491. The zero-order chi connectivity index (χ0) is 16.2. The van der Waals surface area contributed by atoms with Crippen LogP contribution in [0.2, 0.25) is 0 Å². The molecule has 124 valence electrons. The van der Waals surface area contributed by atoms with E-state index in [0.717, 1.165) is 13.1 Å². The van der Waals surface area contributed by atoms with Crippen molar-refractivity contribution in [1.29, 1.82) is 0 Å². The van der Waals surface area contributed by atoms with Crippen molar-refractivity contribution in [3.05, 3.63) is 23.8 Å². The van der Waals surface area contributed by atoms with Crippen molar-refractivity contribution in [3.8, 4) is 11.5 Å². The lowest BCUT2D eigenvalue weighted by Crippen LogP contribution is -2.46. The summed E-state index contributed by atoms with van der Waals surface area (Å²) < 4.78 is 46.3. The molecule has 0 radical (unpaired) electrons. The van der Waals surface area contributed by atoms with Gasteiger partial charge in [-0.1, -0.05) is 0 Å². The van der Waals surface area contributed by atoms with Gasteiger partial charge in [-0.3, -0.25) is 4.90 Å². The number of rotatable bonds is 5. The second kappa shape index (κ2) is 7.17. The maximum atomic E-state index is 12.4. The van der Waals surface area contributed by atoms with E-state index in [9.17, 15) is 18.3 Å². The Balaban J connectivity index is 2.30. The first kappa shape index (κ1) is 16.9. The number of methoxy groups -OCH3 is 1. The van der Waals surface area contributed by atoms with Gasteiger partial charge >= 0.3 is 6.36 Å². The standard InChI is InChI=1S/C14H19F3N2O3/c1-21-13-3-2-10(22-14(15,16)17)8-11(13)12(9-20)19-6-4-18-5-7-19/h2-3,8,12,18,20H,4-7,9H2,1H3/t12-/m0/s1. The fourth-order valence-electron chi connectivity index (χ4n) is 2.57. The summed E-state index contributed by atoms with van der Waals surface area (Å²) in [7, 11) is 1.44. The van der Waals surface area contributed by atoms with Crippen LogP contribution >= 0.6 is 0 Å². The molecule has 1 aromatic rings. The monoisotopic (exact) mass is 320 g/mol. The van der Waals surface area contributed by atoms with E-state index < -0.39 is 12.4 Å². The predicted octanol–water partition coefficient (Wildman–Crippen LogP) is 1.53. The molecule has 0 unspecified atom stereocenters. The number of aliphatic hydroxyl groups is 1. The van der Waals surface area contributed by atoms with Crippen molar-refractivity contribution in [1.82, 2.24) is 10.2 Å². The predicted molar refractivity (Wildman–Crippen MR) is 73.9 cm³/mol. The Morgan fingerprint density at radius 2 is 2.00 bits per heavy atom. The second-order valence-electron chi connectivity index (χ2n) is 4.94. The lowest BCUT2D eigenvalue weighted by atomic mass is 10.0. The summed E-state index contributed by atoms with van der Waals surface area (Å²) in [4.78, 5) is 2.01. The van der Waals surface area contributed by atoms with E-state index in [0.29, 0.717) is 24.4 Å². The Morgan fingerprint density at radius 3 is 2.55 bits per heavy atom. The molecule has 5 nitrogen and oxygen atoms in total. The highest BCUT2D eigenvalue weighted by Crippen LogP contribution is 2.34. The van der Waals surface area contributed by atoms with Gasteiger partial charge in [0.1, 0.15) is 11.5 Å². The van der Waals surface area contributed by atoms with E-state index in [1.54, 1.807) is 0 Å². The number of nitrogens with one attached hydrogen (secondary N) is 1. The van der Waals surface area contributed by atoms with Crippen molar-refractivity contribution in [2.45, 2.75) is 12.4 Å². The molecule has 1 heterocycles. The highest BCUT2D eigenvalue weighted by Gasteiger charge is 2.32. The number of alkyl halides is 3. The lowest BCUT2D eigenvalue weighted by molar-refractivity contribution is -0.274. The van der Waals surface area contributed by atoms with Gasteiger partial charge in [-0.25, -0.2) is 0 Å². The van der Waals surface area contributed by atoms with E-state index in [4.69, 9.17) is 4.74 Å². The number of halogens is 3. The molecule has 1 saturated heterocycles. The van der Waals surface area contributed by atoms with Crippen LogP contribution < -0.4 is 14.8 Å². The van der Waals surface area contributed by atoms with Crippen LogP contribution in [0.1, 0.15) is 11.6 Å². The Labute approximate surface area is 126 Å². The minimum atomic E-state index is -4.75. The van der Waals surface area contributed by atoms with Gasteiger partial charge in [-0.15, -0.1) is 13.2 Å². The van der Waals surface area contributed by atoms with Gasteiger partial charge in [0, 0.05) is 31.7 Å². The maximum Gasteiger partial charge on any atom is 0.573 e. The largest absolute Gasteiger partial charge is 0.573 e. The Morgan fingerprint density at radius 1 is 1.32 bits per heavy atom. The van der Waals surface area contributed by atoms with Gasteiger partial charge in [0.05, 0.1) is 19.8 Å². The summed E-state index contributed by atoms with van der Waals surface area (Å²) in [5, 5.41) is 12.9. The SMILES string of the molecule is COc1ccc(OC(F)(F)F)cc1[C@H](CO)N1CCNCC1. The summed E-state index contributed by atoms with van der Waals surface area (Å²) in [5.74, 6) is 0.101. The van der Waals surface area contributed by atoms with Crippen LogP contribution in [0.3, 0.4) is 0 Å². The average Bonchev–Trinajstić information content (AvgIpc) is 2.48. The van der Waals surface area contributed by atoms with Gasteiger partial charge in [-0.05, 0) is 18.2 Å². The molecular weight excluding hydrogens is 301 g/mol. The summed E-state index contributed by atoms with van der Waals surface area (Å²) in [5.41, 5.74) is 0.480. The Kier molecular flexibility index (Phi) is 5.49. The molecule has 1 aliphatic heterocycles. The summed E-state index contributed by atoms with van der Waals surface area (Å²) in [6.07, 6.45) is -4.75. The lowest BCUT2D eigenvalue weighted by Gasteiger charge is -2.34. The summed E-state index contributed by atoms with van der Waals surface area (Å²) in [6, 6.07) is 3.45. The first-order valence-electron chi connectivity index (χ1n) is 6.94. The molecule has 0 saturated carbocycles. The van der Waals surface area contributed by atoms with Gasteiger partial charge < -0.3 is 19.9 Å². The molecule has 1 atom stereocenters. The zero-order valence-electron chi connectivity index (χ0n) is 12.2. The number of nitrogens with zero attached hydrogens (tertiary/aromatic N) is 1. The maximum absolute atomic E-state index is 12.4. The molecule has 0 aromatic heterocycles. The molecule has 1 aliphatic rings. The normalized spacial score (nSPS) is 18.0. The fourth-order valence-corrected chi connectivity index (χ4v) is 2.57. The molecule has 8 heteroatoms. The smallest absolute Gasteiger partial charge is 0.496 e. The van der Waals surface area contributed by atoms with Crippen LogP contribution in [-0.2, 0) is 0 Å². The number of aliphatic hydroxyl groups excluding tert-OH is 1. The number of hydrogen-bond acceptors (Lipinski definition) is 5. The van der Waals surface area contributed by atoms with E-state index in [1.807, 2.05) is 4.90 Å². The van der Waals surface area contributed by atoms with Crippen molar-refractivity contribution in [2.24, 2.45) is 0 Å². The highest BCUT2D eigenvalue weighted by molar-refractivity contribution is 5.42. The van der Waals surface area contributed by atoms with E-state index >= 15 is 0 Å². The van der Waals surface area contributed by atoms with Gasteiger partial charge in [-0.2, -0.15) is 0 Å². The average molecular weight is 320 g/mol. The van der Waals surface area contributed by atoms with E-state index in [1.165, 1.54) is 25.3 Å². The molecule has 22 heavy (non-hydrogen) atoms. The first-order valence-corrected chi connectivity index (χ1v) is 6.94. The number of piperazine rings is 1. The van der Waals surface area contributed by atoms with Crippen molar-refractivity contribution >= 4 is 0 Å². The third-order valence-corrected chi connectivity index (χ3v) is 3.56. The van der Waals surface area contributed by atoms with Crippen LogP contribution in [-0.4, -0.2) is 56.3 Å². The zero-order valence-corrected chi connectivity index (χ0v) is 12.2. The number of ether oxygens (including phenoxy) is 2. The molecule has 2 rings (SSSR count). The minimum absolute atomic E-state index is 0.216. The quantitative estimate of drug-likeness (QED) is 0.862. The van der Waals surface area contributed by atoms with Crippen LogP contribution in [0.5, 0.6) is 11.5 Å². The molecule has 1 aromatic carbocycles. The van der Waals surface area contributed by atoms with Gasteiger partial charge in [0.15, 0.2) is 0 Å². The molecule has 0 aliphatic carbocycles. The molecule has 0 amide bonds. The van der Waals surface area contributed by atoms with Crippen LogP contribution in [0.4, 0.5) is 13.2 Å². The molecule has 0 bridgehead atoms. The molecule has 0 spiro atoms. The fraction of sp³-hybridized carbons (Fsp3) is 0.571. The topological polar surface area (TPSA) is 54.0 Å². The van der Waals surface area contributed by atoms with E-state index in [2.05, 4.69) is 10.1 Å². The number of hydrogen-bond donors (Lipinski definition) is 2. The van der Waals surface area contributed by atoms with Crippen molar-refractivity contribution in [3.63, 3.8) is 0 Å². The van der Waals surface area contributed by atoms with Crippen molar-refractivity contribution < 1.29 is 27.8 Å². The first-order chi connectivity index (χ1) is 10.4.